The molecule has 0 atom stereocenters. The van der Waals surface area contributed by atoms with Crippen molar-refractivity contribution in [1.82, 2.24) is 0 Å². The first kappa shape index (κ1) is 16.2. The predicted molar refractivity (Wildman–Crippen MR) is 77.2 cm³/mol. The van der Waals surface area contributed by atoms with E-state index in [0.717, 1.165) is 37.5 Å². The van der Waals surface area contributed by atoms with Gasteiger partial charge in [-0.15, -0.1) is 0 Å². The molecule has 6 nitrogen and oxygen atoms in total. The molecule has 118 valence electrons. The third kappa shape index (κ3) is 3.92. The highest BCUT2D eigenvalue weighted by Gasteiger charge is 2.29. The summed E-state index contributed by atoms with van der Waals surface area (Å²) in [5, 5.41) is 4.43. The number of primary sulfonamides is 1. The third-order valence-electron chi connectivity index (χ3n) is 3.49. The van der Waals surface area contributed by atoms with Crippen LogP contribution < -0.4 is 9.86 Å². The highest BCUT2D eigenvalue weighted by molar-refractivity contribution is 7.93. The molecule has 0 bridgehead atoms. The van der Waals surface area contributed by atoms with Crippen molar-refractivity contribution in [3.63, 3.8) is 0 Å². The Kier molecular flexibility index (Phi) is 4.54. The van der Waals surface area contributed by atoms with Gasteiger partial charge in [0, 0.05) is 0 Å². The van der Waals surface area contributed by atoms with E-state index in [1.165, 1.54) is 0 Å². The lowest BCUT2D eigenvalue weighted by Crippen LogP contribution is -2.30. The molecule has 0 heterocycles. The number of nitrogens with two attached hydrogens (primary N) is 1. The molecule has 2 rings (SSSR count). The summed E-state index contributed by atoms with van der Waals surface area (Å²) in [5.41, 5.74) is -0.344. The Morgan fingerprint density at radius 2 is 1.71 bits per heavy atom. The van der Waals surface area contributed by atoms with Crippen LogP contribution in [0.4, 0.5) is 10.1 Å². The molecule has 1 saturated carbocycles. The maximum atomic E-state index is 13.3. The van der Waals surface area contributed by atoms with E-state index in [1.54, 1.807) is 0 Å². The van der Waals surface area contributed by atoms with Gasteiger partial charge < -0.3 is 0 Å². The van der Waals surface area contributed by atoms with E-state index in [2.05, 4.69) is 4.72 Å². The number of sulfonamides is 2. The average Bonchev–Trinajstić information content (AvgIpc) is 2.38. The van der Waals surface area contributed by atoms with Crippen molar-refractivity contribution in [2.24, 2.45) is 5.14 Å². The number of rotatable bonds is 4. The number of anilines is 1. The Labute approximate surface area is 123 Å². The molecule has 0 aromatic heterocycles. The number of hydrogen-bond donors (Lipinski definition) is 2. The van der Waals surface area contributed by atoms with E-state index < -0.39 is 36.0 Å². The Morgan fingerprint density at radius 1 is 1.10 bits per heavy atom. The second-order valence-electron chi connectivity index (χ2n) is 5.09. The van der Waals surface area contributed by atoms with Crippen molar-refractivity contribution in [2.45, 2.75) is 42.2 Å². The Hall–Kier alpha value is -1.19. The molecular formula is C12H17FN2O4S2. The van der Waals surface area contributed by atoms with Gasteiger partial charge in [0.1, 0.15) is 10.7 Å². The molecular weight excluding hydrogens is 319 g/mol. The zero-order valence-electron chi connectivity index (χ0n) is 11.2. The minimum atomic E-state index is -4.15. The fourth-order valence-corrected chi connectivity index (χ4v) is 4.78. The standard InChI is InChI=1S/C12H17FN2O4S2/c13-9-6-7-12(20(14,16)17)11(8-9)15-21(18,19)10-4-2-1-3-5-10/h6-8,10,15H,1-5H2,(H2,14,16,17). The maximum Gasteiger partial charge on any atom is 0.240 e. The molecule has 9 heteroatoms. The van der Waals surface area contributed by atoms with Crippen molar-refractivity contribution < 1.29 is 21.2 Å². The highest BCUT2D eigenvalue weighted by Crippen LogP contribution is 2.28. The first-order valence-corrected chi connectivity index (χ1v) is 9.63. The lowest BCUT2D eigenvalue weighted by Gasteiger charge is -2.23. The van der Waals surface area contributed by atoms with Crippen LogP contribution in [0.1, 0.15) is 32.1 Å². The van der Waals surface area contributed by atoms with Crippen molar-refractivity contribution >= 4 is 25.7 Å². The number of benzene rings is 1. The molecule has 0 saturated heterocycles. The van der Waals surface area contributed by atoms with Crippen LogP contribution in [-0.2, 0) is 20.0 Å². The van der Waals surface area contributed by atoms with Crippen LogP contribution in [0.15, 0.2) is 23.1 Å². The van der Waals surface area contributed by atoms with Crippen molar-refractivity contribution in [3.8, 4) is 0 Å². The number of halogens is 1. The zero-order chi connectivity index (χ0) is 15.7. The van der Waals surface area contributed by atoms with Gasteiger partial charge in [0.25, 0.3) is 0 Å². The SMILES string of the molecule is NS(=O)(=O)c1ccc(F)cc1NS(=O)(=O)C1CCCCC1. The minimum Gasteiger partial charge on any atom is -0.282 e. The van der Waals surface area contributed by atoms with Gasteiger partial charge in [0.05, 0.1) is 10.9 Å². The second-order valence-corrected chi connectivity index (χ2v) is 8.58. The van der Waals surface area contributed by atoms with Crippen molar-refractivity contribution in [3.05, 3.63) is 24.0 Å². The largest absolute Gasteiger partial charge is 0.282 e. The summed E-state index contributed by atoms with van der Waals surface area (Å²) < 4.78 is 62.9. The molecule has 1 aromatic rings. The second kappa shape index (κ2) is 5.90. The van der Waals surface area contributed by atoms with Crippen LogP contribution in [0.25, 0.3) is 0 Å². The smallest absolute Gasteiger partial charge is 0.240 e. The van der Waals surface area contributed by atoms with Crippen LogP contribution in [-0.4, -0.2) is 22.1 Å². The van der Waals surface area contributed by atoms with Crippen LogP contribution in [0, 0.1) is 5.82 Å². The molecule has 1 fully saturated rings. The quantitative estimate of drug-likeness (QED) is 0.870. The third-order valence-corrected chi connectivity index (χ3v) is 6.31. The Balaban J connectivity index is 2.36. The molecule has 21 heavy (non-hydrogen) atoms. The van der Waals surface area contributed by atoms with E-state index in [1.807, 2.05) is 0 Å². The summed E-state index contributed by atoms with van der Waals surface area (Å²) in [6.45, 7) is 0. The molecule has 0 radical (unpaired) electrons. The molecule has 1 aromatic carbocycles. The fourth-order valence-electron chi connectivity index (χ4n) is 2.44. The molecule has 0 amide bonds. The lowest BCUT2D eigenvalue weighted by molar-refractivity contribution is 0.486. The minimum absolute atomic E-state index is 0.344. The molecule has 1 aliphatic rings. The van der Waals surface area contributed by atoms with Crippen LogP contribution >= 0.6 is 0 Å². The maximum absolute atomic E-state index is 13.3. The number of nitrogens with one attached hydrogen (secondary N) is 1. The van der Waals surface area contributed by atoms with Gasteiger partial charge in [-0.2, -0.15) is 0 Å². The molecule has 3 N–H and O–H groups in total. The van der Waals surface area contributed by atoms with E-state index >= 15 is 0 Å². The summed E-state index contributed by atoms with van der Waals surface area (Å²) >= 11 is 0. The van der Waals surface area contributed by atoms with Crippen LogP contribution in [0.2, 0.25) is 0 Å². The highest BCUT2D eigenvalue weighted by atomic mass is 32.2. The summed E-state index contributed by atoms with van der Waals surface area (Å²) in [7, 11) is -7.92. The van der Waals surface area contributed by atoms with E-state index in [4.69, 9.17) is 5.14 Å². The fraction of sp³-hybridized carbons (Fsp3) is 0.500. The van der Waals surface area contributed by atoms with E-state index in [9.17, 15) is 21.2 Å². The Morgan fingerprint density at radius 3 is 2.29 bits per heavy atom. The van der Waals surface area contributed by atoms with E-state index in [-0.39, 0.29) is 5.69 Å². The number of hydrogen-bond acceptors (Lipinski definition) is 4. The Bertz CT molecular complexity index is 726. The monoisotopic (exact) mass is 336 g/mol. The summed E-state index contributed by atoms with van der Waals surface area (Å²) in [6, 6.07) is 2.68. The first-order chi connectivity index (χ1) is 9.70. The topological polar surface area (TPSA) is 106 Å². The summed E-state index contributed by atoms with van der Waals surface area (Å²) in [6.07, 6.45) is 3.60. The molecule has 0 spiro atoms. The van der Waals surface area contributed by atoms with Gasteiger partial charge in [-0.1, -0.05) is 19.3 Å². The average molecular weight is 336 g/mol. The first-order valence-electron chi connectivity index (χ1n) is 6.54. The van der Waals surface area contributed by atoms with Crippen LogP contribution in [0.3, 0.4) is 0 Å². The van der Waals surface area contributed by atoms with Gasteiger partial charge in [-0.25, -0.2) is 26.4 Å². The summed E-state index contributed by atoms with van der Waals surface area (Å²) in [4.78, 5) is -0.441. The van der Waals surface area contributed by atoms with Crippen molar-refractivity contribution in [2.75, 3.05) is 4.72 Å². The summed E-state index contributed by atoms with van der Waals surface area (Å²) in [5.74, 6) is -0.747. The zero-order valence-corrected chi connectivity index (χ0v) is 12.9. The van der Waals surface area contributed by atoms with Gasteiger partial charge in [-0.3, -0.25) is 4.72 Å². The van der Waals surface area contributed by atoms with E-state index in [0.29, 0.717) is 12.8 Å². The van der Waals surface area contributed by atoms with Gasteiger partial charge in [-0.05, 0) is 31.0 Å². The van der Waals surface area contributed by atoms with Gasteiger partial charge >= 0.3 is 0 Å². The van der Waals surface area contributed by atoms with Gasteiger partial charge in [0.2, 0.25) is 20.0 Å². The van der Waals surface area contributed by atoms with Crippen molar-refractivity contribution in [1.29, 1.82) is 0 Å². The van der Waals surface area contributed by atoms with Crippen LogP contribution in [0.5, 0.6) is 0 Å². The molecule has 0 aliphatic heterocycles. The predicted octanol–water partition coefficient (Wildman–Crippen LogP) is 1.55. The molecule has 1 aliphatic carbocycles. The normalized spacial score (nSPS) is 17.6. The molecule has 0 unspecified atom stereocenters. The van der Waals surface area contributed by atoms with Gasteiger partial charge in [0.15, 0.2) is 0 Å². The lowest BCUT2D eigenvalue weighted by atomic mass is 10.0.